The Morgan fingerprint density at radius 2 is 0.895 bits per heavy atom. The van der Waals surface area contributed by atoms with Gasteiger partial charge in [-0.25, -0.2) is 15.0 Å². The number of pyridine rings is 1. The standard InChI is InChI=1S/C53H34N4/c1-5-16-36(17-6-1)46-34-47(37-18-7-2-8-19-37)55-53(54-46)39-30-28-35(29-31-39)41-25-15-26-44-49-45(50(56-51(41)44)38-20-9-3-10-21-38)33-32-43-42-24-13-14-27-48(42)57(52(43)49)40-22-11-4-12-23-40/h1-34H. The van der Waals surface area contributed by atoms with Crippen molar-refractivity contribution in [2.24, 2.45) is 0 Å². The summed E-state index contributed by atoms with van der Waals surface area (Å²) >= 11 is 0. The Labute approximate surface area is 330 Å². The van der Waals surface area contributed by atoms with Gasteiger partial charge in [-0.3, -0.25) is 0 Å². The van der Waals surface area contributed by atoms with Crippen LogP contribution in [0.25, 0.3) is 105 Å². The fraction of sp³-hybridized carbons (Fsp3) is 0. The highest BCUT2D eigenvalue weighted by Gasteiger charge is 2.21. The largest absolute Gasteiger partial charge is 0.309 e. The van der Waals surface area contributed by atoms with E-state index in [1.807, 2.05) is 36.4 Å². The Hall–Kier alpha value is -7.69. The van der Waals surface area contributed by atoms with Crippen LogP contribution in [-0.4, -0.2) is 19.5 Å². The van der Waals surface area contributed by atoms with Crippen molar-refractivity contribution in [3.05, 3.63) is 206 Å². The predicted octanol–water partition coefficient (Wildman–Crippen LogP) is 13.6. The zero-order valence-corrected chi connectivity index (χ0v) is 30.9. The number of rotatable bonds is 6. The van der Waals surface area contributed by atoms with Crippen LogP contribution in [0.5, 0.6) is 0 Å². The molecule has 4 nitrogen and oxygen atoms in total. The number of hydrogen-bond acceptors (Lipinski definition) is 3. The van der Waals surface area contributed by atoms with Gasteiger partial charge in [0.25, 0.3) is 0 Å². The first-order valence-corrected chi connectivity index (χ1v) is 19.3. The van der Waals surface area contributed by atoms with Crippen LogP contribution in [0.2, 0.25) is 0 Å². The molecule has 8 aromatic carbocycles. The van der Waals surface area contributed by atoms with Crippen LogP contribution in [-0.2, 0) is 0 Å². The van der Waals surface area contributed by atoms with Crippen LogP contribution in [0.4, 0.5) is 0 Å². The molecule has 3 aromatic heterocycles. The smallest absolute Gasteiger partial charge is 0.160 e. The number of hydrogen-bond donors (Lipinski definition) is 0. The third-order valence-corrected chi connectivity index (χ3v) is 11.0. The summed E-state index contributed by atoms with van der Waals surface area (Å²) in [6, 6.07) is 72.5. The minimum absolute atomic E-state index is 0.686. The van der Waals surface area contributed by atoms with Crippen molar-refractivity contribution < 1.29 is 0 Å². The molecule has 57 heavy (non-hydrogen) atoms. The SMILES string of the molecule is c1ccc(-c2cc(-c3ccccc3)nc(-c3ccc(-c4cccc5c4nc(-c4ccccc4)c4ccc6c7ccccc7n(-c7ccccc7)c6c45)cc3)n2)cc1. The Kier molecular flexibility index (Phi) is 7.78. The van der Waals surface area contributed by atoms with E-state index in [0.29, 0.717) is 5.82 Å². The van der Waals surface area contributed by atoms with Gasteiger partial charge in [-0.1, -0.05) is 182 Å². The zero-order valence-electron chi connectivity index (χ0n) is 30.9. The molecule has 0 N–H and O–H groups in total. The third kappa shape index (κ3) is 5.58. The molecule has 0 atom stereocenters. The van der Waals surface area contributed by atoms with Gasteiger partial charge in [0.15, 0.2) is 5.82 Å². The minimum atomic E-state index is 0.686. The summed E-state index contributed by atoms with van der Waals surface area (Å²) in [5.74, 6) is 0.686. The molecule has 3 heterocycles. The quantitative estimate of drug-likeness (QED) is 0.160. The minimum Gasteiger partial charge on any atom is -0.309 e. The van der Waals surface area contributed by atoms with Gasteiger partial charge in [0.1, 0.15) is 0 Å². The second kappa shape index (κ2) is 13.6. The van der Waals surface area contributed by atoms with Crippen LogP contribution in [0, 0.1) is 0 Å². The first-order valence-electron chi connectivity index (χ1n) is 19.3. The van der Waals surface area contributed by atoms with Crippen molar-refractivity contribution in [3.63, 3.8) is 0 Å². The molecule has 0 spiro atoms. The maximum Gasteiger partial charge on any atom is 0.160 e. The molecule has 0 aliphatic carbocycles. The Bertz CT molecular complexity index is 3190. The van der Waals surface area contributed by atoms with Crippen molar-refractivity contribution in [1.29, 1.82) is 0 Å². The first kappa shape index (κ1) is 32.7. The highest BCUT2D eigenvalue weighted by molar-refractivity contribution is 6.27. The van der Waals surface area contributed by atoms with Crippen molar-refractivity contribution in [2.75, 3.05) is 0 Å². The molecule has 0 unspecified atom stereocenters. The molecule has 0 radical (unpaired) electrons. The average Bonchev–Trinajstić information content (AvgIpc) is 3.64. The van der Waals surface area contributed by atoms with E-state index in [1.165, 1.54) is 27.2 Å². The summed E-state index contributed by atoms with van der Waals surface area (Å²) in [5, 5.41) is 5.87. The number of fused-ring (bicyclic) bond motifs is 7. The monoisotopic (exact) mass is 726 g/mol. The lowest BCUT2D eigenvalue weighted by atomic mass is 9.94. The normalized spacial score (nSPS) is 11.5. The summed E-state index contributed by atoms with van der Waals surface area (Å²) in [5.41, 5.74) is 13.5. The summed E-state index contributed by atoms with van der Waals surface area (Å²) in [4.78, 5) is 15.7. The van der Waals surface area contributed by atoms with Gasteiger partial charge in [-0.05, 0) is 29.8 Å². The number of para-hydroxylation sites is 3. The van der Waals surface area contributed by atoms with Gasteiger partial charge in [-0.2, -0.15) is 0 Å². The molecule has 0 aliphatic heterocycles. The van der Waals surface area contributed by atoms with E-state index in [-0.39, 0.29) is 0 Å². The molecule has 0 saturated carbocycles. The van der Waals surface area contributed by atoms with E-state index < -0.39 is 0 Å². The Morgan fingerprint density at radius 1 is 0.351 bits per heavy atom. The molecular formula is C53H34N4. The number of nitrogens with zero attached hydrogens (tertiary/aromatic N) is 4. The fourth-order valence-electron chi connectivity index (χ4n) is 8.35. The Balaban J connectivity index is 1.14. The summed E-state index contributed by atoms with van der Waals surface area (Å²) in [6.45, 7) is 0. The molecular weight excluding hydrogens is 693 g/mol. The molecule has 266 valence electrons. The Morgan fingerprint density at radius 3 is 1.56 bits per heavy atom. The lowest BCUT2D eigenvalue weighted by molar-refractivity contribution is 1.18. The molecule has 11 rings (SSSR count). The molecule has 0 aliphatic rings. The van der Waals surface area contributed by atoms with Crippen molar-refractivity contribution in [1.82, 2.24) is 19.5 Å². The van der Waals surface area contributed by atoms with E-state index in [0.717, 1.165) is 72.4 Å². The third-order valence-electron chi connectivity index (χ3n) is 11.0. The van der Waals surface area contributed by atoms with E-state index in [2.05, 4.69) is 174 Å². The lowest BCUT2D eigenvalue weighted by Gasteiger charge is -2.16. The molecule has 4 heteroatoms. The van der Waals surface area contributed by atoms with Gasteiger partial charge in [0, 0.05) is 60.4 Å². The van der Waals surface area contributed by atoms with Gasteiger partial charge in [0.2, 0.25) is 0 Å². The van der Waals surface area contributed by atoms with E-state index in [4.69, 9.17) is 15.0 Å². The molecule has 11 aromatic rings. The van der Waals surface area contributed by atoms with Crippen molar-refractivity contribution >= 4 is 43.5 Å². The van der Waals surface area contributed by atoms with Crippen LogP contribution < -0.4 is 0 Å². The second-order valence-corrected chi connectivity index (χ2v) is 14.4. The van der Waals surface area contributed by atoms with E-state index in [9.17, 15) is 0 Å². The van der Waals surface area contributed by atoms with Crippen molar-refractivity contribution in [2.45, 2.75) is 0 Å². The maximum absolute atomic E-state index is 5.55. The van der Waals surface area contributed by atoms with Gasteiger partial charge in [0.05, 0.1) is 33.6 Å². The van der Waals surface area contributed by atoms with E-state index >= 15 is 0 Å². The lowest BCUT2D eigenvalue weighted by Crippen LogP contribution is -1.97. The van der Waals surface area contributed by atoms with Crippen LogP contribution in [0.15, 0.2) is 206 Å². The van der Waals surface area contributed by atoms with Gasteiger partial charge < -0.3 is 4.57 Å². The van der Waals surface area contributed by atoms with Crippen LogP contribution in [0.1, 0.15) is 0 Å². The average molecular weight is 727 g/mol. The highest BCUT2D eigenvalue weighted by Crippen LogP contribution is 2.43. The summed E-state index contributed by atoms with van der Waals surface area (Å²) in [7, 11) is 0. The van der Waals surface area contributed by atoms with Crippen LogP contribution in [0.3, 0.4) is 0 Å². The number of aromatic nitrogens is 4. The van der Waals surface area contributed by atoms with E-state index in [1.54, 1.807) is 0 Å². The highest BCUT2D eigenvalue weighted by atomic mass is 15.0. The fourth-order valence-corrected chi connectivity index (χ4v) is 8.35. The second-order valence-electron chi connectivity index (χ2n) is 14.4. The predicted molar refractivity (Wildman–Crippen MR) is 236 cm³/mol. The summed E-state index contributed by atoms with van der Waals surface area (Å²) in [6.07, 6.45) is 0. The summed E-state index contributed by atoms with van der Waals surface area (Å²) < 4.78 is 2.43. The van der Waals surface area contributed by atoms with Crippen molar-refractivity contribution in [3.8, 4) is 62.0 Å². The molecule has 0 fully saturated rings. The zero-order chi connectivity index (χ0) is 37.7. The van der Waals surface area contributed by atoms with Gasteiger partial charge >= 0.3 is 0 Å². The molecule has 0 bridgehead atoms. The van der Waals surface area contributed by atoms with Gasteiger partial charge in [-0.15, -0.1) is 0 Å². The molecule has 0 saturated heterocycles. The first-order chi connectivity index (χ1) is 28.3. The molecule has 0 amide bonds. The number of benzene rings is 8. The topological polar surface area (TPSA) is 43.6 Å². The maximum atomic E-state index is 5.55. The van der Waals surface area contributed by atoms with Crippen LogP contribution >= 0.6 is 0 Å².